The predicted molar refractivity (Wildman–Crippen MR) is 276 cm³/mol. The van der Waals surface area contributed by atoms with Crippen molar-refractivity contribution in [3.63, 3.8) is 0 Å². The van der Waals surface area contributed by atoms with Gasteiger partial charge < -0.3 is 47.1 Å². The van der Waals surface area contributed by atoms with Crippen molar-refractivity contribution in [1.29, 1.82) is 0 Å². The predicted octanol–water partition coefficient (Wildman–Crippen LogP) is 12.9. The van der Waals surface area contributed by atoms with Crippen molar-refractivity contribution in [2.45, 2.75) is 224 Å². The monoisotopic (exact) mass is 989 g/mol. The molecule has 12 nitrogen and oxygen atoms in total. The van der Waals surface area contributed by atoms with Gasteiger partial charge in [-0.3, -0.25) is 9.13 Å². The minimum atomic E-state index is -4.14. The third-order valence-corrected chi connectivity index (χ3v) is 16.3. The molecule has 2 N–H and O–H groups in total. The first-order valence-corrected chi connectivity index (χ1v) is 30.6. The summed E-state index contributed by atoms with van der Waals surface area (Å²) in [5.41, 5.74) is 0. The summed E-state index contributed by atoms with van der Waals surface area (Å²) in [6, 6.07) is 0. The van der Waals surface area contributed by atoms with E-state index >= 15 is 0 Å². The molecule has 0 aliphatic carbocycles. The Bertz CT molecular complexity index is 983. The second-order valence-corrected chi connectivity index (χ2v) is 22.0. The highest BCUT2D eigenvalue weighted by molar-refractivity contribution is 7.46. The van der Waals surface area contributed by atoms with Gasteiger partial charge in [0.15, 0.2) is 0 Å². The maximum Gasteiger partial charge on any atom is 0.267 e. The number of aliphatic hydroxyl groups is 2. The van der Waals surface area contributed by atoms with Gasteiger partial charge in [0.05, 0.1) is 78.9 Å². The van der Waals surface area contributed by atoms with E-state index in [0.29, 0.717) is 36.9 Å². The SMILES string of the molecule is CCCCC(CC)COP(=O)([O-])OCC(CC)CCCC.CCCCC(CC)COP(=O)([O-])OCC(CC)CCCC.CC[N+](CC)(CCO)CCCCCCCC[N+](CC)(CC)CCO. The van der Waals surface area contributed by atoms with Crippen molar-refractivity contribution in [3.8, 4) is 0 Å². The molecule has 0 saturated carbocycles. The molecule has 0 aromatic rings. The van der Waals surface area contributed by atoms with Gasteiger partial charge in [0.1, 0.15) is 13.1 Å². The van der Waals surface area contributed by atoms with Crippen molar-refractivity contribution in [2.75, 3.05) is 92.0 Å². The third-order valence-electron chi connectivity index (χ3n) is 14.4. The molecule has 402 valence electrons. The molecule has 0 rings (SSSR count). The molecule has 4 atom stereocenters. The van der Waals surface area contributed by atoms with E-state index < -0.39 is 15.6 Å². The first kappa shape index (κ1) is 70.3. The van der Waals surface area contributed by atoms with Gasteiger partial charge in [0.25, 0.3) is 15.6 Å². The number of quaternary nitrogens is 2. The average Bonchev–Trinajstić information content (AvgIpc) is 3.32. The van der Waals surface area contributed by atoms with Crippen LogP contribution in [0.5, 0.6) is 0 Å². The zero-order valence-corrected chi connectivity index (χ0v) is 47.5. The normalized spacial score (nSPS) is 15.7. The van der Waals surface area contributed by atoms with Gasteiger partial charge in [0, 0.05) is 0 Å². The van der Waals surface area contributed by atoms with Crippen LogP contribution in [0.25, 0.3) is 0 Å². The summed E-state index contributed by atoms with van der Waals surface area (Å²) >= 11 is 0. The molecule has 14 heteroatoms. The number of hydrogen-bond acceptors (Lipinski definition) is 10. The highest BCUT2D eigenvalue weighted by Gasteiger charge is 2.23. The van der Waals surface area contributed by atoms with Crippen molar-refractivity contribution >= 4 is 15.6 Å². The molecule has 0 bridgehead atoms. The molecule has 0 aliphatic rings. The maximum atomic E-state index is 11.8. The van der Waals surface area contributed by atoms with Crippen LogP contribution in [0.2, 0.25) is 0 Å². The number of rotatable bonds is 45. The Kier molecular flexibility index (Phi) is 49.2. The lowest BCUT2D eigenvalue weighted by atomic mass is 10.0. The van der Waals surface area contributed by atoms with E-state index in [1.165, 1.54) is 51.6 Å². The first-order chi connectivity index (χ1) is 31.5. The summed E-state index contributed by atoms with van der Waals surface area (Å²) in [4.78, 5) is 23.6. The van der Waals surface area contributed by atoms with Gasteiger partial charge in [-0.1, -0.05) is 145 Å². The fourth-order valence-corrected chi connectivity index (χ4v) is 10.1. The summed E-state index contributed by atoms with van der Waals surface area (Å²) in [6.45, 7) is 36.2. The highest BCUT2D eigenvalue weighted by Crippen LogP contribution is 2.41. The Labute approximate surface area is 410 Å². The average molecular weight is 989 g/mol. The van der Waals surface area contributed by atoms with Crippen LogP contribution in [0, 0.1) is 23.7 Å². The molecule has 0 aromatic carbocycles. The van der Waals surface area contributed by atoms with Crippen LogP contribution in [0.3, 0.4) is 0 Å². The molecule has 66 heavy (non-hydrogen) atoms. The lowest BCUT2D eigenvalue weighted by Gasteiger charge is -2.36. The maximum absolute atomic E-state index is 11.8. The van der Waals surface area contributed by atoms with Crippen molar-refractivity contribution in [1.82, 2.24) is 0 Å². The number of likely N-dealkylation sites (N-methyl/N-ethyl adjacent to an activating group) is 2. The van der Waals surface area contributed by atoms with Crippen molar-refractivity contribution in [3.05, 3.63) is 0 Å². The molecule has 0 radical (unpaired) electrons. The second kappa shape index (κ2) is 46.2. The summed E-state index contributed by atoms with van der Waals surface area (Å²) in [6.07, 6.45) is 24.7. The largest absolute Gasteiger partial charge is 0.756 e. The van der Waals surface area contributed by atoms with Crippen LogP contribution < -0.4 is 9.79 Å². The van der Waals surface area contributed by atoms with Crippen LogP contribution in [0.15, 0.2) is 0 Å². The highest BCUT2D eigenvalue weighted by atomic mass is 31.2. The lowest BCUT2D eigenvalue weighted by Crippen LogP contribution is -2.50. The van der Waals surface area contributed by atoms with Gasteiger partial charge in [-0.25, -0.2) is 0 Å². The molecule has 0 saturated heterocycles. The first-order valence-electron chi connectivity index (χ1n) is 27.7. The topological polar surface area (TPSA) is 158 Å². The van der Waals surface area contributed by atoms with E-state index in [9.17, 15) is 29.1 Å². The molecule has 4 unspecified atom stereocenters. The van der Waals surface area contributed by atoms with Crippen LogP contribution in [0.4, 0.5) is 0 Å². The molecular weight excluding hydrogens is 875 g/mol. The van der Waals surface area contributed by atoms with Gasteiger partial charge in [-0.05, 0) is 103 Å². The quantitative estimate of drug-likeness (QED) is 0.0342. The van der Waals surface area contributed by atoms with Gasteiger partial charge in [0.2, 0.25) is 0 Å². The zero-order chi connectivity index (χ0) is 50.6. The Morgan fingerprint density at radius 1 is 0.379 bits per heavy atom. The summed E-state index contributed by atoms with van der Waals surface area (Å²) in [5.74, 6) is 1.21. The Hall–Kier alpha value is 0.0600. The lowest BCUT2D eigenvalue weighted by molar-refractivity contribution is -0.925. The number of aliphatic hydroxyl groups excluding tert-OH is 2. The fraction of sp³-hybridized carbons (Fsp3) is 1.00. The minimum absolute atomic E-state index is 0.253. The van der Waals surface area contributed by atoms with E-state index in [1.807, 2.05) is 0 Å². The van der Waals surface area contributed by atoms with Crippen LogP contribution in [-0.2, 0) is 27.2 Å². The molecule has 0 aromatic heterocycles. The molecule has 0 amide bonds. The number of phosphoric acid groups is 2. The van der Waals surface area contributed by atoms with E-state index in [-0.39, 0.29) is 26.4 Å². The van der Waals surface area contributed by atoms with Crippen LogP contribution in [-0.4, -0.2) is 111 Å². The van der Waals surface area contributed by atoms with Crippen molar-refractivity contribution in [2.24, 2.45) is 23.7 Å². The van der Waals surface area contributed by atoms with E-state index in [2.05, 4.69) is 83.1 Å². The van der Waals surface area contributed by atoms with Gasteiger partial charge in [-0.15, -0.1) is 0 Å². The molecule has 0 aliphatic heterocycles. The Morgan fingerprint density at radius 3 is 0.788 bits per heavy atom. The standard InChI is InChI=1S/C20H46N2O2.2C16H35O4P/c1-5-21(6-2,17-19-23)15-13-11-9-10-12-14-16-22(7-3,8-4)18-20-24;2*1-5-9-11-15(7-3)13-19-21(17,18)20-14-16(8-4)12-10-6-2/h23-24H,5-20H2,1-4H3;2*15-16H,5-14H2,1-4H3,(H,17,18)/q+2;;/p-2. The molecule has 0 spiro atoms. The smallest absolute Gasteiger partial charge is 0.267 e. The number of nitrogens with zero attached hydrogens (tertiary/aromatic N) is 2. The number of phosphoric ester groups is 2. The van der Waals surface area contributed by atoms with E-state index in [1.54, 1.807) is 0 Å². The van der Waals surface area contributed by atoms with Crippen molar-refractivity contribution < 1.29 is 56.2 Å². The summed E-state index contributed by atoms with van der Waals surface area (Å²) < 4.78 is 46.0. The van der Waals surface area contributed by atoms with E-state index in [0.717, 1.165) is 151 Å². The third kappa shape index (κ3) is 38.8. The Morgan fingerprint density at radius 2 is 0.606 bits per heavy atom. The second-order valence-electron chi connectivity index (χ2n) is 19.2. The number of unbranched alkanes of at least 4 members (excludes halogenated alkanes) is 9. The summed E-state index contributed by atoms with van der Waals surface area (Å²) in [5, 5.41) is 18.6. The van der Waals surface area contributed by atoms with Gasteiger partial charge in [-0.2, -0.15) is 0 Å². The van der Waals surface area contributed by atoms with Crippen LogP contribution in [0.1, 0.15) is 224 Å². The zero-order valence-electron chi connectivity index (χ0n) is 45.7. The minimum Gasteiger partial charge on any atom is -0.756 e. The number of hydrogen-bond donors (Lipinski definition) is 2. The molecular formula is C52H114N2O10P2. The molecule has 0 fully saturated rings. The Balaban J connectivity index is -0.000000905. The summed E-state index contributed by atoms with van der Waals surface area (Å²) in [7, 11) is -8.28. The molecule has 0 heterocycles. The van der Waals surface area contributed by atoms with E-state index in [4.69, 9.17) is 18.1 Å². The fourth-order valence-electron chi connectivity index (χ4n) is 8.42. The van der Waals surface area contributed by atoms with Gasteiger partial charge >= 0.3 is 0 Å². The van der Waals surface area contributed by atoms with Crippen LogP contribution >= 0.6 is 15.6 Å².